The van der Waals surface area contributed by atoms with Crippen LogP contribution < -0.4 is 37.6 Å². The van der Waals surface area contributed by atoms with E-state index in [0.717, 1.165) is 0 Å². The molecule has 0 amide bonds. The van der Waals surface area contributed by atoms with Gasteiger partial charge in [-0.15, -0.1) is 0 Å². The van der Waals surface area contributed by atoms with Crippen molar-refractivity contribution >= 4 is 72.5 Å². The quantitative estimate of drug-likeness (QED) is 0.294. The standard InChI is InChI=1S/2Al.Ca.8FH/h;;;8*1H/q2*+3;+2;;;;;;;;/p-8. The maximum atomic E-state index is 0. The smallest absolute Gasteiger partial charge is 1.00 e. The van der Waals surface area contributed by atoms with Gasteiger partial charge in [0.05, 0.1) is 0 Å². The summed E-state index contributed by atoms with van der Waals surface area (Å²) in [5, 5.41) is 0. The van der Waals surface area contributed by atoms with E-state index < -0.39 is 0 Å². The van der Waals surface area contributed by atoms with Gasteiger partial charge in [0.25, 0.3) is 0 Å². The number of hydrogen-bond acceptors (Lipinski definition) is 0. The molecular weight excluding hydrogens is 246 g/mol. The molecule has 0 bridgehead atoms. The summed E-state index contributed by atoms with van der Waals surface area (Å²) in [4.78, 5) is 0. The molecule has 0 aromatic carbocycles. The Morgan fingerprint density at radius 3 is 0.273 bits per heavy atom. The second-order valence-electron chi connectivity index (χ2n) is 0. The van der Waals surface area contributed by atoms with Crippen LogP contribution in [0.5, 0.6) is 0 Å². The van der Waals surface area contributed by atoms with Gasteiger partial charge >= 0.3 is 72.5 Å². The van der Waals surface area contributed by atoms with Crippen LogP contribution in [-0.4, -0.2) is 72.5 Å². The number of hydrogen-bond donors (Lipinski definition) is 0. The van der Waals surface area contributed by atoms with Crippen molar-refractivity contribution in [1.29, 1.82) is 0 Å². The van der Waals surface area contributed by atoms with Gasteiger partial charge in [0, 0.05) is 0 Å². The molecule has 0 rings (SSSR count). The second-order valence-corrected chi connectivity index (χ2v) is 0. The van der Waals surface area contributed by atoms with Gasteiger partial charge in [-0.05, 0) is 0 Å². The molecule has 0 fully saturated rings. The first-order valence-electron chi connectivity index (χ1n) is 0. The van der Waals surface area contributed by atoms with Crippen LogP contribution in [0.3, 0.4) is 0 Å². The van der Waals surface area contributed by atoms with Crippen molar-refractivity contribution in [3.05, 3.63) is 0 Å². The molecule has 11 heteroatoms. The van der Waals surface area contributed by atoms with E-state index in [1.807, 2.05) is 0 Å². The van der Waals surface area contributed by atoms with Crippen LogP contribution in [0.1, 0.15) is 0 Å². The Balaban J connectivity index is 0. The van der Waals surface area contributed by atoms with Crippen molar-refractivity contribution < 1.29 is 37.6 Å². The van der Waals surface area contributed by atoms with Crippen molar-refractivity contribution in [2.24, 2.45) is 0 Å². The predicted octanol–water partition coefficient (Wildman–Crippen LogP) is -25.1. The van der Waals surface area contributed by atoms with Crippen LogP contribution >= 0.6 is 0 Å². The van der Waals surface area contributed by atoms with E-state index in [0.29, 0.717) is 0 Å². The average Bonchev–Trinajstić information content (AvgIpc) is 0. The molecule has 0 unspecified atom stereocenters. The summed E-state index contributed by atoms with van der Waals surface area (Å²) in [7, 11) is 0. The van der Waals surface area contributed by atoms with Crippen LogP contribution in [0.4, 0.5) is 0 Å². The first-order valence-corrected chi connectivity index (χ1v) is 0. The molecule has 0 aromatic heterocycles. The van der Waals surface area contributed by atoms with Gasteiger partial charge in [0.1, 0.15) is 0 Å². The monoisotopic (exact) mass is 246 g/mol. The summed E-state index contributed by atoms with van der Waals surface area (Å²) in [5.41, 5.74) is 0. The summed E-state index contributed by atoms with van der Waals surface area (Å²) >= 11 is 0. The molecule has 11 heavy (non-hydrogen) atoms. The van der Waals surface area contributed by atoms with Gasteiger partial charge in [0.15, 0.2) is 0 Å². The summed E-state index contributed by atoms with van der Waals surface area (Å²) in [6, 6.07) is 0. The van der Waals surface area contributed by atoms with E-state index in [4.69, 9.17) is 0 Å². The zero-order chi connectivity index (χ0) is 0. The summed E-state index contributed by atoms with van der Waals surface area (Å²) in [6.45, 7) is 0. The molecule has 0 saturated heterocycles. The minimum atomic E-state index is 0. The molecule has 0 aliphatic rings. The Kier molecular flexibility index (Phi) is 22600. The summed E-state index contributed by atoms with van der Waals surface area (Å²) < 4.78 is 0. The van der Waals surface area contributed by atoms with Gasteiger partial charge in [-0.1, -0.05) is 0 Å². The van der Waals surface area contributed by atoms with Gasteiger partial charge in [-0.2, -0.15) is 0 Å². The Morgan fingerprint density at radius 1 is 0.273 bits per heavy atom. The van der Waals surface area contributed by atoms with Crippen molar-refractivity contribution in [3.63, 3.8) is 0 Å². The fourth-order valence-electron chi connectivity index (χ4n) is 0. The van der Waals surface area contributed by atoms with E-state index in [1.54, 1.807) is 0 Å². The minimum absolute atomic E-state index is 0. The third-order valence-electron chi connectivity index (χ3n) is 0. The molecule has 0 aromatic rings. The van der Waals surface area contributed by atoms with Gasteiger partial charge < -0.3 is 37.6 Å². The van der Waals surface area contributed by atoms with E-state index in [2.05, 4.69) is 0 Å². The van der Waals surface area contributed by atoms with Crippen LogP contribution in [-0.2, 0) is 0 Å². The van der Waals surface area contributed by atoms with E-state index >= 15 is 0 Å². The SMILES string of the molecule is [Al+3].[Al+3].[Ca+2].[F-].[F-].[F-].[F-].[F-].[F-].[F-].[F-]. The topological polar surface area (TPSA) is 0 Å². The number of halogens is 8. The van der Waals surface area contributed by atoms with Crippen LogP contribution in [0, 0.1) is 0 Å². The maximum Gasteiger partial charge on any atom is 3.00 e. The molecule has 0 radical (unpaired) electrons. The summed E-state index contributed by atoms with van der Waals surface area (Å²) in [6.07, 6.45) is 0. The average molecular weight is 246 g/mol. The molecular formula is Al2CaF8. The molecule has 0 saturated carbocycles. The maximum absolute atomic E-state index is 0. The Labute approximate surface area is 109 Å². The van der Waals surface area contributed by atoms with Crippen LogP contribution in [0.2, 0.25) is 0 Å². The molecule has 0 heterocycles. The third kappa shape index (κ3) is 360. The van der Waals surface area contributed by atoms with Crippen LogP contribution in [0.15, 0.2) is 0 Å². The van der Waals surface area contributed by atoms with Crippen LogP contribution in [0.25, 0.3) is 0 Å². The zero-order valence-electron chi connectivity index (χ0n) is 4.89. The second kappa shape index (κ2) is 438. The Morgan fingerprint density at radius 2 is 0.273 bits per heavy atom. The van der Waals surface area contributed by atoms with Gasteiger partial charge in [0.2, 0.25) is 0 Å². The molecule has 0 aliphatic heterocycles. The molecule has 0 N–H and O–H groups in total. The molecule has 0 aliphatic carbocycles. The minimum Gasteiger partial charge on any atom is -1.00 e. The van der Waals surface area contributed by atoms with Gasteiger partial charge in [-0.3, -0.25) is 0 Å². The van der Waals surface area contributed by atoms with E-state index in [1.165, 1.54) is 0 Å². The van der Waals surface area contributed by atoms with Gasteiger partial charge in [-0.25, -0.2) is 0 Å². The molecule has 0 atom stereocenters. The molecule has 0 nitrogen and oxygen atoms in total. The first kappa shape index (κ1) is 567. The predicted molar refractivity (Wildman–Crippen MR) is 17.3 cm³/mol. The largest absolute Gasteiger partial charge is 3.00 e. The third-order valence-corrected chi connectivity index (χ3v) is 0. The first-order chi connectivity index (χ1) is 0. The van der Waals surface area contributed by atoms with Crippen molar-refractivity contribution in [2.45, 2.75) is 0 Å². The summed E-state index contributed by atoms with van der Waals surface area (Å²) in [5.74, 6) is 0. The Bertz CT molecular complexity index is 12.1. The van der Waals surface area contributed by atoms with E-state index in [-0.39, 0.29) is 110 Å². The zero-order valence-corrected chi connectivity index (χ0v) is 9.40. The molecule has 64 valence electrons. The van der Waals surface area contributed by atoms with E-state index in [9.17, 15) is 0 Å². The normalized spacial score (nSPS) is 0. The van der Waals surface area contributed by atoms with Crippen molar-refractivity contribution in [1.82, 2.24) is 0 Å². The number of rotatable bonds is 0. The van der Waals surface area contributed by atoms with Crippen molar-refractivity contribution in [2.75, 3.05) is 0 Å². The van der Waals surface area contributed by atoms with Crippen molar-refractivity contribution in [3.8, 4) is 0 Å². The molecule has 0 spiro atoms. The fourth-order valence-corrected chi connectivity index (χ4v) is 0. The Hall–Kier alpha value is 1.76. The fraction of sp³-hybridized carbons (Fsp3) is 0.